The first kappa shape index (κ1) is 9.97. The van der Waals surface area contributed by atoms with E-state index in [0.29, 0.717) is 18.9 Å². The van der Waals surface area contributed by atoms with Crippen LogP contribution in [0.5, 0.6) is 5.75 Å². The van der Waals surface area contributed by atoms with Crippen molar-refractivity contribution in [2.75, 3.05) is 6.61 Å². The average Bonchev–Trinajstić information content (AvgIpc) is 2.78. The molecular weight excluding hydrogens is 216 g/mol. The van der Waals surface area contributed by atoms with Crippen LogP contribution in [0.15, 0.2) is 20.8 Å². The Morgan fingerprint density at radius 1 is 1.67 bits per heavy atom. The lowest BCUT2D eigenvalue weighted by atomic mass is 10.3. The maximum absolute atomic E-state index is 10.7. The number of aromatic amines is 1. The molecule has 2 aromatic heterocycles. The minimum atomic E-state index is -0.528. The molecule has 0 saturated heterocycles. The Morgan fingerprint density at radius 2 is 2.53 bits per heavy atom. The Bertz CT molecular complexity index is 485. The Labute approximate surface area is 89.7 Å². The molecule has 0 saturated carbocycles. The maximum atomic E-state index is 10.7. The predicted octanol–water partition coefficient (Wildman–Crippen LogP) is 1.41. The highest BCUT2D eigenvalue weighted by molar-refractivity contribution is 7.10. The molecule has 2 heterocycles. The van der Waals surface area contributed by atoms with E-state index in [1.54, 1.807) is 11.3 Å². The molecule has 0 fully saturated rings. The van der Waals surface area contributed by atoms with E-state index in [1.807, 2.05) is 18.4 Å². The molecule has 0 bridgehead atoms. The van der Waals surface area contributed by atoms with Crippen molar-refractivity contribution < 1.29 is 9.26 Å². The molecule has 0 atom stereocenters. The topological polar surface area (TPSA) is 68.1 Å². The number of aromatic nitrogens is 2. The van der Waals surface area contributed by atoms with Crippen LogP contribution in [0.3, 0.4) is 0 Å². The zero-order valence-electron chi connectivity index (χ0n) is 8.15. The monoisotopic (exact) mass is 226 g/mol. The van der Waals surface area contributed by atoms with Crippen molar-refractivity contribution in [3.63, 3.8) is 0 Å². The van der Waals surface area contributed by atoms with E-state index in [-0.39, 0.29) is 0 Å². The quantitative estimate of drug-likeness (QED) is 0.855. The number of rotatable bonds is 4. The molecule has 0 aliphatic heterocycles. The molecular formula is C9H10N2O3S. The molecule has 1 N–H and O–H groups in total. The van der Waals surface area contributed by atoms with Gasteiger partial charge in [-0.05, 0) is 18.4 Å². The Balaban J connectivity index is 2.16. The first-order chi connectivity index (χ1) is 7.29. The lowest BCUT2D eigenvalue weighted by Crippen LogP contribution is -1.98. The van der Waals surface area contributed by atoms with Crippen LogP contribution in [0.1, 0.15) is 17.6 Å². The van der Waals surface area contributed by atoms with E-state index in [2.05, 4.69) is 14.7 Å². The molecule has 0 aromatic carbocycles. The molecule has 2 rings (SSSR count). The van der Waals surface area contributed by atoms with Crippen molar-refractivity contribution in [1.29, 1.82) is 0 Å². The number of nitrogens with zero attached hydrogens (tertiary/aromatic N) is 1. The summed E-state index contributed by atoms with van der Waals surface area (Å²) < 4.78 is 9.83. The highest BCUT2D eigenvalue weighted by Crippen LogP contribution is 2.26. The number of ether oxygens (including phenoxy) is 1. The second-order valence-electron chi connectivity index (χ2n) is 2.86. The summed E-state index contributed by atoms with van der Waals surface area (Å²) in [6.45, 7) is 2.55. The number of hydrogen-bond acceptors (Lipinski definition) is 5. The molecule has 80 valence electrons. The summed E-state index contributed by atoms with van der Waals surface area (Å²) in [7, 11) is 0. The molecule has 0 aliphatic rings. The van der Waals surface area contributed by atoms with E-state index < -0.39 is 5.76 Å². The van der Waals surface area contributed by atoms with Crippen LogP contribution in [0.2, 0.25) is 0 Å². The molecule has 0 radical (unpaired) electrons. The van der Waals surface area contributed by atoms with E-state index >= 15 is 0 Å². The third-order valence-electron chi connectivity index (χ3n) is 1.82. The first-order valence-electron chi connectivity index (χ1n) is 4.53. The van der Waals surface area contributed by atoms with E-state index in [4.69, 9.17) is 4.74 Å². The van der Waals surface area contributed by atoms with Crippen molar-refractivity contribution in [3.05, 3.63) is 32.7 Å². The van der Waals surface area contributed by atoms with E-state index in [9.17, 15) is 4.79 Å². The Hall–Kier alpha value is -1.56. The van der Waals surface area contributed by atoms with Gasteiger partial charge in [-0.15, -0.1) is 11.3 Å². The maximum Gasteiger partial charge on any atom is 0.438 e. The van der Waals surface area contributed by atoms with Crippen LogP contribution < -0.4 is 10.5 Å². The standard InChI is InChI=1S/C9H10N2O3S/c1-2-13-6-3-4-15-7(6)5-8-10-9(12)14-11-8/h3-4H,2,5H2,1H3,(H,10,11,12). The summed E-state index contributed by atoms with van der Waals surface area (Å²) in [6, 6.07) is 1.90. The highest BCUT2D eigenvalue weighted by atomic mass is 32.1. The second-order valence-corrected chi connectivity index (χ2v) is 3.86. The van der Waals surface area contributed by atoms with Crippen LogP contribution in [0.4, 0.5) is 0 Å². The van der Waals surface area contributed by atoms with Crippen molar-refractivity contribution >= 4 is 11.3 Å². The molecule has 0 spiro atoms. The van der Waals surface area contributed by atoms with Crippen LogP contribution in [-0.2, 0) is 6.42 Å². The smallest absolute Gasteiger partial charge is 0.438 e. The minimum Gasteiger partial charge on any atom is -0.493 e. The normalized spacial score (nSPS) is 10.5. The SMILES string of the molecule is CCOc1ccsc1Cc1noc(=O)[nH]1. The van der Waals surface area contributed by atoms with Crippen LogP contribution in [0, 0.1) is 0 Å². The van der Waals surface area contributed by atoms with E-state index in [1.165, 1.54) is 0 Å². The van der Waals surface area contributed by atoms with Crippen LogP contribution >= 0.6 is 11.3 Å². The molecule has 6 heteroatoms. The summed E-state index contributed by atoms with van der Waals surface area (Å²) in [5, 5.41) is 5.54. The van der Waals surface area contributed by atoms with Crippen LogP contribution in [-0.4, -0.2) is 16.7 Å². The summed E-state index contributed by atoms with van der Waals surface area (Å²) in [5.41, 5.74) is 0. The van der Waals surface area contributed by atoms with Gasteiger partial charge >= 0.3 is 5.76 Å². The number of H-pyrrole nitrogens is 1. The van der Waals surface area contributed by atoms with Gasteiger partial charge in [0.15, 0.2) is 5.82 Å². The lowest BCUT2D eigenvalue weighted by molar-refractivity contribution is 0.338. The van der Waals surface area contributed by atoms with Gasteiger partial charge in [-0.25, -0.2) is 4.79 Å². The summed E-state index contributed by atoms with van der Waals surface area (Å²) in [4.78, 5) is 14.2. The zero-order valence-corrected chi connectivity index (χ0v) is 8.97. The Morgan fingerprint density at radius 3 is 3.20 bits per heavy atom. The first-order valence-corrected chi connectivity index (χ1v) is 5.41. The zero-order chi connectivity index (χ0) is 10.7. The van der Waals surface area contributed by atoms with Gasteiger partial charge in [0.25, 0.3) is 0 Å². The van der Waals surface area contributed by atoms with Gasteiger partial charge in [0.1, 0.15) is 5.75 Å². The van der Waals surface area contributed by atoms with Gasteiger partial charge in [0, 0.05) is 6.42 Å². The average molecular weight is 226 g/mol. The Kier molecular flexibility index (Phi) is 2.86. The summed E-state index contributed by atoms with van der Waals surface area (Å²) in [5.74, 6) is 0.828. The van der Waals surface area contributed by atoms with Crippen molar-refractivity contribution in [2.45, 2.75) is 13.3 Å². The van der Waals surface area contributed by atoms with Crippen molar-refractivity contribution in [2.24, 2.45) is 0 Å². The predicted molar refractivity (Wildman–Crippen MR) is 55.4 cm³/mol. The summed E-state index contributed by atoms with van der Waals surface area (Å²) in [6.07, 6.45) is 0.527. The minimum absolute atomic E-state index is 0.517. The number of thiophene rings is 1. The third-order valence-corrected chi connectivity index (χ3v) is 2.72. The summed E-state index contributed by atoms with van der Waals surface area (Å²) >= 11 is 1.56. The molecule has 15 heavy (non-hydrogen) atoms. The van der Waals surface area contributed by atoms with Gasteiger partial charge in [-0.3, -0.25) is 9.51 Å². The van der Waals surface area contributed by atoms with Gasteiger partial charge in [0.05, 0.1) is 11.5 Å². The fourth-order valence-corrected chi connectivity index (χ4v) is 2.05. The fourth-order valence-electron chi connectivity index (χ4n) is 1.23. The fraction of sp³-hybridized carbons (Fsp3) is 0.333. The van der Waals surface area contributed by atoms with Crippen LogP contribution in [0.25, 0.3) is 0 Å². The highest BCUT2D eigenvalue weighted by Gasteiger charge is 2.09. The molecule has 5 nitrogen and oxygen atoms in total. The second kappa shape index (κ2) is 4.31. The molecule has 2 aromatic rings. The van der Waals surface area contributed by atoms with Gasteiger partial charge in [0.2, 0.25) is 0 Å². The largest absolute Gasteiger partial charge is 0.493 e. The third kappa shape index (κ3) is 2.27. The lowest BCUT2D eigenvalue weighted by Gasteiger charge is -2.01. The van der Waals surface area contributed by atoms with Crippen molar-refractivity contribution in [1.82, 2.24) is 10.1 Å². The molecule has 0 unspecified atom stereocenters. The molecule has 0 amide bonds. The number of nitrogens with one attached hydrogen (secondary N) is 1. The van der Waals surface area contributed by atoms with Gasteiger partial charge in [-0.2, -0.15) is 0 Å². The number of hydrogen-bond donors (Lipinski definition) is 1. The molecule has 0 aliphatic carbocycles. The van der Waals surface area contributed by atoms with Gasteiger partial charge in [-0.1, -0.05) is 5.16 Å². The van der Waals surface area contributed by atoms with E-state index in [0.717, 1.165) is 10.6 Å². The van der Waals surface area contributed by atoms with Crippen molar-refractivity contribution in [3.8, 4) is 5.75 Å². The van der Waals surface area contributed by atoms with Gasteiger partial charge < -0.3 is 4.74 Å².